The van der Waals surface area contributed by atoms with E-state index in [4.69, 9.17) is 9.79 Å². The fraction of sp³-hybridized carbons (Fsp3) is 1.00. The number of hydrogen-bond acceptors (Lipinski definition) is 2. The van der Waals surface area contributed by atoms with Crippen molar-refractivity contribution in [2.75, 3.05) is 13.3 Å². The van der Waals surface area contributed by atoms with Crippen LogP contribution in [0.1, 0.15) is 0 Å². The van der Waals surface area contributed by atoms with E-state index in [1.807, 2.05) is 0 Å². The highest BCUT2D eigenvalue weighted by Gasteiger charge is 1.60. The predicted octanol–water partition coefficient (Wildman–Crippen LogP) is -1.02. The Kier molecular flexibility index (Phi) is 21.4. The van der Waals surface area contributed by atoms with Gasteiger partial charge in [0.15, 0.2) is 33.4 Å². The molecule has 0 aliphatic carbocycles. The van der Waals surface area contributed by atoms with Crippen LogP contribution in [0.4, 0.5) is 0 Å². The summed E-state index contributed by atoms with van der Waals surface area (Å²) in [5, 5.41) is 0. The van der Waals surface area contributed by atoms with Crippen molar-refractivity contribution in [3.8, 4) is 0 Å². The van der Waals surface area contributed by atoms with Gasteiger partial charge < -0.3 is 9.79 Å². The summed E-state index contributed by atoms with van der Waals surface area (Å²) in [7, 11) is -4.26. The molecule has 0 amide bonds. The third-order valence-electron chi connectivity index (χ3n) is 0. The van der Waals surface area contributed by atoms with Gasteiger partial charge in [-0.25, -0.2) is 0 Å². The molecule has 0 aromatic heterocycles. The van der Waals surface area contributed by atoms with Crippen LogP contribution in [0.2, 0.25) is 0 Å². The second-order valence-corrected chi connectivity index (χ2v) is 3.11. The molecule has 2 unspecified atom stereocenters. The van der Waals surface area contributed by atoms with Gasteiger partial charge in [-0.3, -0.25) is 9.13 Å². The lowest BCUT2D eigenvalue weighted by Gasteiger charge is -1.61. The van der Waals surface area contributed by atoms with E-state index in [0.29, 0.717) is 0 Å². The number of hydrogen-bond donors (Lipinski definition) is 2. The lowest BCUT2D eigenvalue weighted by Crippen LogP contribution is -1.35. The maximum Gasteiger partial charge on any atom is 0.187 e. The highest BCUT2D eigenvalue weighted by atomic mass is 31.1. The van der Waals surface area contributed by atoms with E-state index < -0.39 is 16.1 Å². The number of rotatable bonds is 0. The largest absolute Gasteiger partial charge is 0.346 e. The quantitative estimate of drug-likeness (QED) is 0.378. The molecule has 2 atom stereocenters. The molecule has 4 nitrogen and oxygen atoms in total. The Labute approximate surface area is 66.2 Å². The van der Waals surface area contributed by atoms with Crippen molar-refractivity contribution in [3.63, 3.8) is 0 Å². The van der Waals surface area contributed by atoms with E-state index in [-0.39, 0.29) is 17.4 Å². The monoisotopic (exact) mass is 190 g/mol. The molecule has 0 aromatic carbocycles. The van der Waals surface area contributed by atoms with Crippen LogP contribution in [0, 0.1) is 0 Å². The Morgan fingerprint density at radius 3 is 1.00 bits per heavy atom. The summed E-state index contributed by atoms with van der Waals surface area (Å²) >= 11 is 0. The van der Waals surface area contributed by atoms with E-state index in [9.17, 15) is 9.13 Å². The SMILES string of the molecule is C[PH](=O)O.C[PH](=O)O.[AlH3]. The van der Waals surface area contributed by atoms with Crippen molar-refractivity contribution in [1.29, 1.82) is 0 Å². The van der Waals surface area contributed by atoms with Gasteiger partial charge in [0, 0.05) is 13.3 Å². The zero-order chi connectivity index (χ0) is 7.15. The predicted molar refractivity (Wildman–Crippen MR) is 44.2 cm³/mol. The average molecular weight is 190 g/mol. The molecule has 9 heavy (non-hydrogen) atoms. The van der Waals surface area contributed by atoms with Gasteiger partial charge in [0.1, 0.15) is 0 Å². The van der Waals surface area contributed by atoms with Gasteiger partial charge >= 0.3 is 0 Å². The van der Waals surface area contributed by atoms with Gasteiger partial charge in [-0.15, -0.1) is 0 Å². The van der Waals surface area contributed by atoms with Crippen molar-refractivity contribution >= 4 is 33.4 Å². The van der Waals surface area contributed by atoms with Gasteiger partial charge in [-0.2, -0.15) is 0 Å². The molecule has 58 valence electrons. The summed E-state index contributed by atoms with van der Waals surface area (Å²) in [4.78, 5) is 15.2. The topological polar surface area (TPSA) is 74.6 Å². The van der Waals surface area contributed by atoms with Crippen LogP contribution in [0.3, 0.4) is 0 Å². The lowest BCUT2D eigenvalue weighted by atomic mass is 12.0. The smallest absolute Gasteiger partial charge is 0.187 e. The molecule has 0 saturated carbocycles. The highest BCUT2D eigenvalue weighted by Crippen LogP contribution is 2.00. The molecule has 0 aliphatic rings. The van der Waals surface area contributed by atoms with E-state index in [1.165, 1.54) is 13.3 Å². The van der Waals surface area contributed by atoms with Gasteiger partial charge in [0.05, 0.1) is 0 Å². The van der Waals surface area contributed by atoms with Crippen molar-refractivity contribution < 1.29 is 18.9 Å². The normalized spacial score (nSPS) is 13.8. The molecule has 0 bridgehead atoms. The molecule has 0 spiro atoms. The zero-order valence-electron chi connectivity index (χ0n) is 4.71. The summed E-state index contributed by atoms with van der Waals surface area (Å²) in [6.45, 7) is 2.54. The fourth-order valence-corrected chi connectivity index (χ4v) is 0. The van der Waals surface area contributed by atoms with Crippen LogP contribution in [-0.2, 0) is 9.13 Å². The first-order valence-electron chi connectivity index (χ1n) is 1.86. The molecule has 0 heterocycles. The first kappa shape index (κ1) is 16.5. The zero-order valence-corrected chi connectivity index (χ0v) is 6.71. The van der Waals surface area contributed by atoms with Crippen LogP contribution < -0.4 is 0 Å². The van der Waals surface area contributed by atoms with Crippen LogP contribution in [-0.4, -0.2) is 40.5 Å². The van der Waals surface area contributed by atoms with Crippen LogP contribution >= 0.6 is 16.1 Å². The van der Waals surface area contributed by atoms with E-state index >= 15 is 0 Å². The van der Waals surface area contributed by atoms with Crippen LogP contribution in [0.25, 0.3) is 0 Å². The highest BCUT2D eigenvalue weighted by molar-refractivity contribution is 7.37. The molecule has 0 aliphatic heterocycles. The van der Waals surface area contributed by atoms with E-state index in [2.05, 4.69) is 0 Å². The summed E-state index contributed by atoms with van der Waals surface area (Å²) in [5.41, 5.74) is 0. The van der Waals surface area contributed by atoms with Gasteiger partial charge in [-0.05, 0) is 0 Å². The third-order valence-corrected chi connectivity index (χ3v) is 0. The van der Waals surface area contributed by atoms with Crippen LogP contribution in [0.5, 0.6) is 0 Å². The van der Waals surface area contributed by atoms with Crippen molar-refractivity contribution in [1.82, 2.24) is 0 Å². The summed E-state index contributed by atoms with van der Waals surface area (Å²) in [6.07, 6.45) is 0. The molecular formula is C2H13AlO4P2. The van der Waals surface area contributed by atoms with E-state index in [1.54, 1.807) is 0 Å². The Balaban J connectivity index is -0.0000000720. The first-order chi connectivity index (χ1) is 3.46. The standard InChI is InChI=1S/2CH5O2P.Al.3H/c2*1-4(2)3;;;;/h2*4H,1H3,(H,2,3);;;;. The molecule has 7 heteroatoms. The van der Waals surface area contributed by atoms with Crippen LogP contribution in [0.15, 0.2) is 0 Å². The maximum absolute atomic E-state index is 9.19. The van der Waals surface area contributed by atoms with Gasteiger partial charge in [0.2, 0.25) is 0 Å². The minimum absolute atomic E-state index is 0. The third kappa shape index (κ3) is 511. The Hall–Kier alpha value is 0.912. The summed E-state index contributed by atoms with van der Waals surface area (Å²) in [5.74, 6) is 0. The van der Waals surface area contributed by atoms with Gasteiger partial charge in [0.25, 0.3) is 0 Å². The van der Waals surface area contributed by atoms with Crippen molar-refractivity contribution in [2.24, 2.45) is 0 Å². The Morgan fingerprint density at radius 2 is 1.00 bits per heavy atom. The summed E-state index contributed by atoms with van der Waals surface area (Å²) in [6, 6.07) is 0. The average Bonchev–Trinajstić information content (AvgIpc) is 1.25. The molecule has 2 N–H and O–H groups in total. The van der Waals surface area contributed by atoms with Crippen molar-refractivity contribution in [2.45, 2.75) is 0 Å². The minimum atomic E-state index is -2.13. The molecule has 0 rings (SSSR count). The van der Waals surface area contributed by atoms with Gasteiger partial charge in [-0.1, -0.05) is 0 Å². The molecule has 0 radical (unpaired) electrons. The molecule has 0 saturated heterocycles. The first-order valence-corrected chi connectivity index (χ1v) is 5.57. The molecule has 0 aromatic rings. The second kappa shape index (κ2) is 11.7. The Bertz CT molecular complexity index is 74.6. The lowest BCUT2D eigenvalue weighted by molar-refractivity contribution is 0.508. The van der Waals surface area contributed by atoms with Crippen molar-refractivity contribution in [3.05, 3.63) is 0 Å². The Morgan fingerprint density at radius 1 is 1.00 bits per heavy atom. The maximum atomic E-state index is 9.19. The second-order valence-electron chi connectivity index (χ2n) is 1.04. The fourth-order valence-electron chi connectivity index (χ4n) is 0. The molecular weight excluding hydrogens is 177 g/mol. The summed E-state index contributed by atoms with van der Waals surface area (Å²) < 4.78 is 18.4. The molecule has 0 fully saturated rings. The van der Waals surface area contributed by atoms with E-state index in [0.717, 1.165) is 0 Å². The minimum Gasteiger partial charge on any atom is -0.346 e.